The summed E-state index contributed by atoms with van der Waals surface area (Å²) in [6.45, 7) is 0. The largest absolute Gasteiger partial charge is 0.478 e. The van der Waals surface area contributed by atoms with Gasteiger partial charge in [-0.2, -0.15) is 16.8 Å². The molecule has 0 unspecified atom stereocenters. The van der Waals surface area contributed by atoms with Crippen LogP contribution in [0.3, 0.4) is 0 Å². The lowest BCUT2D eigenvalue weighted by molar-refractivity contribution is 0.0691. The predicted octanol–water partition coefficient (Wildman–Crippen LogP) is -0.322. The zero-order valence-corrected chi connectivity index (χ0v) is 9.49. The van der Waals surface area contributed by atoms with Gasteiger partial charge in [-0.25, -0.2) is 4.79 Å². The van der Waals surface area contributed by atoms with E-state index < -0.39 is 41.6 Å². The van der Waals surface area contributed by atoms with Gasteiger partial charge in [0, 0.05) is 0 Å². The van der Waals surface area contributed by atoms with Gasteiger partial charge in [0.05, 0.1) is 5.56 Å². The third kappa shape index (κ3) is 2.79. The second-order valence-corrected chi connectivity index (χ2v) is 5.55. The highest BCUT2D eigenvalue weighted by Crippen LogP contribution is 2.24. The lowest BCUT2D eigenvalue weighted by atomic mass is 10.2. The summed E-state index contributed by atoms with van der Waals surface area (Å²) >= 11 is 0. The van der Waals surface area contributed by atoms with Crippen molar-refractivity contribution in [1.82, 2.24) is 0 Å². The number of carboxylic acids is 1. The molecule has 0 aliphatic carbocycles. The zero-order valence-electron chi connectivity index (χ0n) is 7.85. The Kier molecular flexibility index (Phi) is 3.25. The average molecular weight is 281 g/mol. The van der Waals surface area contributed by atoms with Gasteiger partial charge in [-0.05, 0) is 12.1 Å². The van der Waals surface area contributed by atoms with E-state index in [0.29, 0.717) is 6.07 Å². The fourth-order valence-corrected chi connectivity index (χ4v) is 3.02. The van der Waals surface area contributed by atoms with Crippen LogP contribution in [0.4, 0.5) is 0 Å². The Balaban J connectivity index is 3.90. The molecule has 10 heteroatoms. The second-order valence-electron chi connectivity index (χ2n) is 2.80. The molecule has 0 bridgehead atoms. The quantitative estimate of drug-likeness (QED) is 0.639. The van der Waals surface area contributed by atoms with E-state index in [4.69, 9.17) is 14.2 Å². The minimum atomic E-state index is -5.14. The molecule has 0 saturated carbocycles. The van der Waals surface area contributed by atoms with Gasteiger partial charge in [-0.3, -0.25) is 9.11 Å². The van der Waals surface area contributed by atoms with Crippen LogP contribution in [0.1, 0.15) is 10.4 Å². The number of hydrogen-bond acceptors (Lipinski definition) is 5. The Hall–Kier alpha value is -1.49. The van der Waals surface area contributed by atoms with Crippen molar-refractivity contribution in [2.75, 3.05) is 0 Å². The smallest absolute Gasteiger partial charge is 0.337 e. The molecule has 1 radical (unpaired) electrons. The first kappa shape index (κ1) is 13.6. The molecule has 0 heterocycles. The van der Waals surface area contributed by atoms with Crippen LogP contribution in [0.2, 0.25) is 0 Å². The van der Waals surface area contributed by atoms with Crippen LogP contribution >= 0.6 is 0 Å². The van der Waals surface area contributed by atoms with Gasteiger partial charge in [0.15, 0.2) is 0 Å². The van der Waals surface area contributed by atoms with Crippen molar-refractivity contribution >= 4 is 26.2 Å². The molecule has 1 aromatic carbocycles. The molecule has 93 valence electrons. The lowest BCUT2D eigenvalue weighted by Gasteiger charge is -2.06. The summed E-state index contributed by atoms with van der Waals surface area (Å²) in [4.78, 5) is 8.02. The van der Waals surface area contributed by atoms with Crippen molar-refractivity contribution in [3.05, 3.63) is 23.8 Å². The fourth-order valence-electron chi connectivity index (χ4n) is 1.08. The van der Waals surface area contributed by atoms with Gasteiger partial charge in [0.1, 0.15) is 9.79 Å². The number of benzene rings is 1. The highest BCUT2D eigenvalue weighted by atomic mass is 32.2. The number of hydrogen-bond donors (Lipinski definition) is 3. The number of carboxylic acid groups (broad SMARTS) is 1. The molecule has 0 atom stereocenters. The van der Waals surface area contributed by atoms with Crippen molar-refractivity contribution in [3.8, 4) is 0 Å². The molecule has 0 aliphatic rings. The van der Waals surface area contributed by atoms with E-state index in [-0.39, 0.29) is 0 Å². The van der Waals surface area contributed by atoms with E-state index in [0.717, 1.165) is 6.07 Å². The van der Waals surface area contributed by atoms with Crippen LogP contribution in [0.15, 0.2) is 21.9 Å². The molecule has 3 N–H and O–H groups in total. The molecule has 17 heavy (non-hydrogen) atoms. The van der Waals surface area contributed by atoms with Crippen LogP contribution in [-0.4, -0.2) is 37.0 Å². The molecule has 0 saturated heterocycles. The molecule has 1 aromatic rings. The molecule has 1 rings (SSSR count). The maximum Gasteiger partial charge on any atom is 0.337 e. The maximum atomic E-state index is 10.9. The Labute approximate surface area is 96.0 Å². The number of aromatic carboxylic acids is 1. The Bertz CT molecular complexity index is 670. The third-order valence-corrected chi connectivity index (χ3v) is 3.63. The van der Waals surface area contributed by atoms with Crippen LogP contribution in [0.25, 0.3) is 0 Å². The van der Waals surface area contributed by atoms with Crippen molar-refractivity contribution in [2.24, 2.45) is 0 Å². The molecular formula is C7H5O8S2. The summed E-state index contributed by atoms with van der Waals surface area (Å²) in [5.74, 6) is -1.82. The summed E-state index contributed by atoms with van der Waals surface area (Å²) in [5.41, 5.74) is -1.08. The molecule has 0 amide bonds. The first-order chi connectivity index (χ1) is 7.55. The van der Waals surface area contributed by atoms with E-state index in [1.54, 1.807) is 0 Å². The molecule has 0 aliphatic heterocycles. The molecule has 0 spiro atoms. The summed E-state index contributed by atoms with van der Waals surface area (Å²) < 4.78 is 61.0. The predicted molar refractivity (Wildman–Crippen MR) is 51.9 cm³/mol. The lowest BCUT2D eigenvalue weighted by Crippen LogP contribution is -2.14. The SMILES string of the molecule is O=C(O)c1[c]ccc(S(=O)(=O)O)c1S(=O)(=O)O. The fraction of sp³-hybridized carbons (Fsp3) is 0. The van der Waals surface area contributed by atoms with Gasteiger partial charge < -0.3 is 5.11 Å². The summed E-state index contributed by atoms with van der Waals surface area (Å²) in [5, 5.41) is 8.64. The van der Waals surface area contributed by atoms with E-state index in [1.165, 1.54) is 0 Å². The molecule has 0 aromatic heterocycles. The van der Waals surface area contributed by atoms with Crippen molar-refractivity contribution in [1.29, 1.82) is 0 Å². The van der Waals surface area contributed by atoms with Crippen LogP contribution in [0.5, 0.6) is 0 Å². The van der Waals surface area contributed by atoms with E-state index in [9.17, 15) is 21.6 Å². The van der Waals surface area contributed by atoms with E-state index in [1.807, 2.05) is 6.07 Å². The highest BCUT2D eigenvalue weighted by Gasteiger charge is 2.29. The van der Waals surface area contributed by atoms with Crippen LogP contribution < -0.4 is 0 Å². The number of rotatable bonds is 3. The van der Waals surface area contributed by atoms with Gasteiger partial charge in [0.25, 0.3) is 20.2 Å². The summed E-state index contributed by atoms with van der Waals surface area (Å²) in [7, 11) is -10.1. The molecular weight excluding hydrogens is 276 g/mol. The summed E-state index contributed by atoms with van der Waals surface area (Å²) in [6.07, 6.45) is 0. The van der Waals surface area contributed by atoms with Gasteiger partial charge in [-0.15, -0.1) is 0 Å². The maximum absolute atomic E-state index is 10.9. The Morgan fingerprint density at radius 3 is 2.00 bits per heavy atom. The van der Waals surface area contributed by atoms with Gasteiger partial charge in [-0.1, -0.05) is 6.07 Å². The first-order valence-corrected chi connectivity index (χ1v) is 6.66. The van der Waals surface area contributed by atoms with E-state index in [2.05, 4.69) is 0 Å². The van der Waals surface area contributed by atoms with Gasteiger partial charge >= 0.3 is 5.97 Å². The topological polar surface area (TPSA) is 146 Å². The second kappa shape index (κ2) is 4.07. The normalized spacial score (nSPS) is 12.4. The minimum Gasteiger partial charge on any atom is -0.478 e. The van der Waals surface area contributed by atoms with Crippen molar-refractivity contribution in [3.63, 3.8) is 0 Å². The standard InChI is InChI=1S/C7H5O8S2/c8-7(9)4-2-1-3-5(16(10,11)12)6(4)17(13,14)15/h1,3H,(H,8,9)(H,10,11,12)(H,13,14,15). The number of carbonyl (C=O) groups is 1. The monoisotopic (exact) mass is 281 g/mol. The third-order valence-electron chi connectivity index (χ3n) is 1.66. The first-order valence-electron chi connectivity index (χ1n) is 3.78. The Morgan fingerprint density at radius 1 is 1.12 bits per heavy atom. The van der Waals surface area contributed by atoms with Gasteiger partial charge in [0.2, 0.25) is 0 Å². The average Bonchev–Trinajstić information content (AvgIpc) is 2.13. The van der Waals surface area contributed by atoms with E-state index >= 15 is 0 Å². The molecule has 8 nitrogen and oxygen atoms in total. The zero-order chi connectivity index (χ0) is 13.4. The Morgan fingerprint density at radius 2 is 1.65 bits per heavy atom. The highest BCUT2D eigenvalue weighted by molar-refractivity contribution is 7.89. The molecule has 0 fully saturated rings. The van der Waals surface area contributed by atoms with Crippen molar-refractivity contribution in [2.45, 2.75) is 9.79 Å². The summed E-state index contributed by atoms with van der Waals surface area (Å²) in [6, 6.07) is 3.34. The minimum absolute atomic E-state index is 0.602. The van der Waals surface area contributed by atoms with Crippen molar-refractivity contribution < 1.29 is 35.8 Å². The van der Waals surface area contributed by atoms with Crippen LogP contribution in [-0.2, 0) is 20.2 Å². The van der Waals surface area contributed by atoms with Crippen LogP contribution in [0, 0.1) is 6.07 Å².